The summed E-state index contributed by atoms with van der Waals surface area (Å²) in [5, 5.41) is 0. The van der Waals surface area contributed by atoms with Crippen molar-refractivity contribution in [3.05, 3.63) is 83.2 Å². The van der Waals surface area contributed by atoms with Crippen molar-refractivity contribution in [2.75, 3.05) is 0 Å². The Morgan fingerprint density at radius 3 is 2.35 bits per heavy atom. The summed E-state index contributed by atoms with van der Waals surface area (Å²) in [4.78, 5) is 4.71. The summed E-state index contributed by atoms with van der Waals surface area (Å²) >= 11 is 0. The first-order valence-electron chi connectivity index (χ1n) is 11.8. The Hall–Kier alpha value is -2.61. The van der Waals surface area contributed by atoms with Crippen LogP contribution in [0.3, 0.4) is 0 Å². The number of rotatable bonds is 6. The zero-order chi connectivity index (χ0) is 23.0. The highest BCUT2D eigenvalue weighted by Gasteiger charge is 2.26. The largest absolute Gasteiger partial charge is 0.300 e. The molecule has 0 fully saturated rings. The van der Waals surface area contributed by atoms with Crippen molar-refractivity contribution in [2.45, 2.75) is 68.2 Å². The van der Waals surface area contributed by atoms with Gasteiger partial charge in [0.05, 0.1) is 0 Å². The first kappa shape index (κ1) is 24.7. The lowest BCUT2D eigenvalue weighted by atomic mass is 9.79. The zero-order valence-corrected chi connectivity index (χ0v) is 20.7. The SMILES string of the molecule is CC.CCC1=C(n2ccnc2-c2ccccc2)C(C(C)C)=CC(/C(C)=C/C=C(C)C)C1. The maximum atomic E-state index is 4.71. The Morgan fingerprint density at radius 1 is 1.10 bits per heavy atom. The fourth-order valence-electron chi connectivity index (χ4n) is 4.01. The van der Waals surface area contributed by atoms with E-state index >= 15 is 0 Å². The predicted octanol–water partition coefficient (Wildman–Crippen LogP) is 8.71. The van der Waals surface area contributed by atoms with Gasteiger partial charge in [-0.25, -0.2) is 4.98 Å². The Morgan fingerprint density at radius 2 is 1.77 bits per heavy atom. The molecule has 0 amide bonds. The molecule has 2 aromatic rings. The Balaban J connectivity index is 0.00000166. The molecule has 1 aromatic heterocycles. The molecule has 166 valence electrons. The molecule has 1 unspecified atom stereocenters. The van der Waals surface area contributed by atoms with Crippen LogP contribution >= 0.6 is 0 Å². The smallest absolute Gasteiger partial charge is 0.144 e. The molecule has 2 heteroatoms. The van der Waals surface area contributed by atoms with Crippen LogP contribution in [0.2, 0.25) is 0 Å². The highest BCUT2D eigenvalue weighted by Crippen LogP contribution is 2.41. The molecule has 1 aromatic carbocycles. The highest BCUT2D eigenvalue weighted by molar-refractivity contribution is 5.75. The minimum absolute atomic E-state index is 0.455. The van der Waals surface area contributed by atoms with Gasteiger partial charge in [0.2, 0.25) is 0 Å². The molecule has 0 saturated carbocycles. The summed E-state index contributed by atoms with van der Waals surface area (Å²) in [6.45, 7) is 17.5. The van der Waals surface area contributed by atoms with Crippen molar-refractivity contribution in [2.24, 2.45) is 11.8 Å². The van der Waals surface area contributed by atoms with Gasteiger partial charge in [-0.15, -0.1) is 0 Å². The van der Waals surface area contributed by atoms with Gasteiger partial charge < -0.3 is 0 Å². The molecule has 3 rings (SSSR count). The van der Waals surface area contributed by atoms with Gasteiger partial charge in [-0.2, -0.15) is 0 Å². The third kappa shape index (κ3) is 5.97. The van der Waals surface area contributed by atoms with E-state index in [2.05, 4.69) is 101 Å². The second-order valence-electron chi connectivity index (χ2n) is 8.53. The van der Waals surface area contributed by atoms with Crippen LogP contribution in [0, 0.1) is 11.8 Å². The standard InChI is InChI=1S/C27H34N2.C2H6/c1-7-22-17-24(21(6)14-13-19(2)3)18-25(20(4)5)26(22)29-16-15-28-27(29)23-11-9-8-10-12-23;1-2/h8-16,18,20,24H,7,17H2,1-6H3;1-2H3/b21-14+;. The van der Waals surface area contributed by atoms with Gasteiger partial charge in [0.1, 0.15) is 5.82 Å². The summed E-state index contributed by atoms with van der Waals surface area (Å²) in [6, 6.07) is 10.5. The summed E-state index contributed by atoms with van der Waals surface area (Å²) in [6.07, 6.45) is 13.2. The summed E-state index contributed by atoms with van der Waals surface area (Å²) in [5.41, 5.74) is 8.23. The van der Waals surface area contributed by atoms with Crippen molar-refractivity contribution in [3.8, 4) is 11.4 Å². The first-order valence-corrected chi connectivity index (χ1v) is 11.8. The third-order valence-electron chi connectivity index (χ3n) is 5.68. The molecular formula is C29H40N2. The maximum Gasteiger partial charge on any atom is 0.144 e. The van der Waals surface area contributed by atoms with Gasteiger partial charge in [0.15, 0.2) is 0 Å². The number of hydrogen-bond donors (Lipinski definition) is 0. The van der Waals surface area contributed by atoms with Crippen LogP contribution in [-0.4, -0.2) is 9.55 Å². The van der Waals surface area contributed by atoms with Crippen LogP contribution in [0.15, 0.2) is 83.2 Å². The predicted molar refractivity (Wildman–Crippen MR) is 137 cm³/mol. The molecule has 0 saturated heterocycles. The molecule has 31 heavy (non-hydrogen) atoms. The van der Waals surface area contributed by atoms with Gasteiger partial charge in [-0.3, -0.25) is 4.57 Å². The Kier molecular flexibility index (Phi) is 9.30. The maximum absolute atomic E-state index is 4.71. The van der Waals surface area contributed by atoms with Crippen LogP contribution in [0.4, 0.5) is 0 Å². The van der Waals surface area contributed by atoms with E-state index in [1.165, 1.54) is 28.0 Å². The van der Waals surface area contributed by atoms with E-state index in [0.29, 0.717) is 11.8 Å². The summed E-state index contributed by atoms with van der Waals surface area (Å²) in [5.74, 6) is 1.94. The van der Waals surface area contributed by atoms with Crippen molar-refractivity contribution in [1.29, 1.82) is 0 Å². The average molecular weight is 417 g/mol. The van der Waals surface area contributed by atoms with Crippen molar-refractivity contribution < 1.29 is 0 Å². The van der Waals surface area contributed by atoms with E-state index in [1.807, 2.05) is 20.0 Å². The van der Waals surface area contributed by atoms with Crippen LogP contribution in [-0.2, 0) is 0 Å². The lowest BCUT2D eigenvalue weighted by Crippen LogP contribution is -2.17. The molecular weight excluding hydrogens is 376 g/mol. The van der Waals surface area contributed by atoms with E-state index < -0.39 is 0 Å². The first-order chi connectivity index (χ1) is 14.9. The summed E-state index contributed by atoms with van der Waals surface area (Å²) in [7, 11) is 0. The topological polar surface area (TPSA) is 17.8 Å². The second-order valence-corrected chi connectivity index (χ2v) is 8.53. The molecule has 0 spiro atoms. The van der Waals surface area contributed by atoms with E-state index in [1.54, 1.807) is 0 Å². The minimum Gasteiger partial charge on any atom is -0.300 e. The molecule has 0 radical (unpaired) electrons. The Labute approximate surface area is 190 Å². The van der Waals surface area contributed by atoms with Gasteiger partial charge in [-0.1, -0.05) is 94.3 Å². The minimum atomic E-state index is 0.455. The Bertz CT molecular complexity index is 961. The average Bonchev–Trinajstić information content (AvgIpc) is 3.27. The van der Waals surface area contributed by atoms with Crippen molar-refractivity contribution in [1.82, 2.24) is 9.55 Å². The van der Waals surface area contributed by atoms with E-state index in [9.17, 15) is 0 Å². The normalized spacial score (nSPS) is 16.6. The molecule has 0 bridgehead atoms. The number of hydrogen-bond acceptors (Lipinski definition) is 1. The van der Waals surface area contributed by atoms with Crippen molar-refractivity contribution in [3.63, 3.8) is 0 Å². The lowest BCUT2D eigenvalue weighted by molar-refractivity contribution is 0.669. The van der Waals surface area contributed by atoms with E-state index in [4.69, 9.17) is 4.98 Å². The molecule has 0 aliphatic heterocycles. The van der Waals surface area contributed by atoms with Crippen LogP contribution in [0.1, 0.15) is 68.2 Å². The number of nitrogens with zero attached hydrogens (tertiary/aromatic N) is 2. The fraction of sp³-hybridized carbons (Fsp3) is 0.414. The molecule has 1 aliphatic rings. The van der Waals surface area contributed by atoms with Gasteiger partial charge in [0, 0.05) is 29.6 Å². The van der Waals surface area contributed by atoms with Gasteiger partial charge in [-0.05, 0) is 50.7 Å². The molecule has 2 nitrogen and oxygen atoms in total. The van der Waals surface area contributed by atoms with E-state index in [-0.39, 0.29) is 0 Å². The van der Waals surface area contributed by atoms with Gasteiger partial charge >= 0.3 is 0 Å². The quantitative estimate of drug-likeness (QED) is 0.430. The molecule has 1 aliphatic carbocycles. The monoisotopic (exact) mass is 416 g/mol. The van der Waals surface area contributed by atoms with Crippen molar-refractivity contribution >= 4 is 5.70 Å². The number of imidazole rings is 1. The second kappa shape index (κ2) is 11.7. The number of allylic oxidation sites excluding steroid dienone is 8. The fourth-order valence-corrected chi connectivity index (χ4v) is 4.01. The van der Waals surface area contributed by atoms with Crippen LogP contribution < -0.4 is 0 Å². The van der Waals surface area contributed by atoms with Crippen LogP contribution in [0.25, 0.3) is 17.1 Å². The number of aromatic nitrogens is 2. The van der Waals surface area contributed by atoms with Crippen LogP contribution in [0.5, 0.6) is 0 Å². The third-order valence-corrected chi connectivity index (χ3v) is 5.68. The molecule has 0 N–H and O–H groups in total. The van der Waals surface area contributed by atoms with Gasteiger partial charge in [0.25, 0.3) is 0 Å². The summed E-state index contributed by atoms with van der Waals surface area (Å²) < 4.78 is 2.31. The number of benzene rings is 1. The zero-order valence-electron chi connectivity index (χ0n) is 20.7. The molecule has 1 atom stereocenters. The van der Waals surface area contributed by atoms with E-state index in [0.717, 1.165) is 24.2 Å². The molecule has 1 heterocycles. The highest BCUT2D eigenvalue weighted by atomic mass is 15.1. The lowest BCUT2D eigenvalue weighted by Gasteiger charge is -2.30.